The molecule has 0 aliphatic carbocycles. The highest BCUT2D eigenvalue weighted by Gasteiger charge is 2.38. The summed E-state index contributed by atoms with van der Waals surface area (Å²) in [6.07, 6.45) is 1.56. The maximum absolute atomic E-state index is 12.4. The number of benzene rings is 1. The van der Waals surface area contributed by atoms with Crippen LogP contribution in [0.3, 0.4) is 0 Å². The average Bonchev–Trinajstić information content (AvgIpc) is 3.13. The van der Waals surface area contributed by atoms with E-state index in [2.05, 4.69) is 0 Å². The van der Waals surface area contributed by atoms with Crippen LogP contribution in [-0.2, 0) is 9.59 Å². The highest BCUT2D eigenvalue weighted by Crippen LogP contribution is 2.35. The summed E-state index contributed by atoms with van der Waals surface area (Å²) in [4.78, 5) is 24.9. The van der Waals surface area contributed by atoms with E-state index in [1.165, 1.54) is 6.92 Å². The van der Waals surface area contributed by atoms with Crippen molar-refractivity contribution in [3.8, 4) is 11.3 Å². The standard InChI is InChI=1S/C17H12ClNO4S2/c1-9(16(21)22)19-15(20)14(25-17(19)24)8-12-6-7-13(23-12)10-2-4-11(18)5-3-10/h2-9H,1H3,(H,21,22)/b14-8-/t9-/m0/s1. The lowest BCUT2D eigenvalue weighted by Crippen LogP contribution is -2.41. The van der Waals surface area contributed by atoms with Crippen molar-refractivity contribution in [2.45, 2.75) is 13.0 Å². The summed E-state index contributed by atoms with van der Waals surface area (Å²) in [5.41, 5.74) is 0.857. The van der Waals surface area contributed by atoms with Crippen LogP contribution in [0, 0.1) is 0 Å². The molecule has 2 aromatic rings. The van der Waals surface area contributed by atoms with Crippen LogP contribution in [0.25, 0.3) is 17.4 Å². The van der Waals surface area contributed by atoms with E-state index in [1.807, 2.05) is 12.1 Å². The van der Waals surface area contributed by atoms with E-state index in [1.54, 1.807) is 30.3 Å². The Morgan fingerprint density at radius 1 is 1.32 bits per heavy atom. The SMILES string of the molecule is C[C@@H](C(=O)O)N1C(=O)/C(=C/c2ccc(-c3ccc(Cl)cc3)o2)SC1=S. The largest absolute Gasteiger partial charge is 0.480 e. The Labute approximate surface area is 158 Å². The van der Waals surface area contributed by atoms with Crippen LogP contribution in [0.2, 0.25) is 5.02 Å². The summed E-state index contributed by atoms with van der Waals surface area (Å²) in [5.74, 6) is -0.430. The van der Waals surface area contributed by atoms with E-state index in [0.717, 1.165) is 22.2 Å². The fraction of sp³-hybridized carbons (Fsp3) is 0.118. The second kappa shape index (κ2) is 7.03. The van der Waals surface area contributed by atoms with Gasteiger partial charge in [0, 0.05) is 16.7 Å². The van der Waals surface area contributed by atoms with Gasteiger partial charge in [0.25, 0.3) is 5.91 Å². The Morgan fingerprint density at radius 3 is 2.64 bits per heavy atom. The normalized spacial score (nSPS) is 17.4. The minimum Gasteiger partial charge on any atom is -0.480 e. The van der Waals surface area contributed by atoms with Gasteiger partial charge < -0.3 is 9.52 Å². The van der Waals surface area contributed by atoms with Gasteiger partial charge in [-0.05, 0) is 43.3 Å². The second-order valence-electron chi connectivity index (χ2n) is 5.27. The molecule has 0 bridgehead atoms. The number of halogens is 1. The average molecular weight is 394 g/mol. The fourth-order valence-electron chi connectivity index (χ4n) is 2.25. The van der Waals surface area contributed by atoms with Gasteiger partial charge in [-0.1, -0.05) is 35.6 Å². The molecule has 1 N–H and O–H groups in total. The molecular weight excluding hydrogens is 382 g/mol. The summed E-state index contributed by atoms with van der Waals surface area (Å²) in [6.45, 7) is 1.42. The van der Waals surface area contributed by atoms with Crippen LogP contribution in [-0.4, -0.2) is 32.2 Å². The summed E-state index contributed by atoms with van der Waals surface area (Å²) in [7, 11) is 0. The lowest BCUT2D eigenvalue weighted by Gasteiger charge is -2.18. The topological polar surface area (TPSA) is 70.8 Å². The van der Waals surface area contributed by atoms with E-state index < -0.39 is 17.9 Å². The number of nitrogens with zero attached hydrogens (tertiary/aromatic N) is 1. The number of thiocarbonyl (C=S) groups is 1. The van der Waals surface area contributed by atoms with Crippen LogP contribution < -0.4 is 0 Å². The molecule has 2 heterocycles. The first-order valence-corrected chi connectivity index (χ1v) is 8.83. The van der Waals surface area contributed by atoms with Gasteiger partial charge in [0.2, 0.25) is 0 Å². The van der Waals surface area contributed by atoms with Crippen molar-refractivity contribution >= 4 is 57.9 Å². The van der Waals surface area contributed by atoms with Gasteiger partial charge in [-0.3, -0.25) is 9.69 Å². The van der Waals surface area contributed by atoms with Crippen LogP contribution in [0.4, 0.5) is 0 Å². The Kier molecular flexibility index (Phi) is 4.99. The van der Waals surface area contributed by atoms with Crippen molar-refractivity contribution in [2.75, 3.05) is 0 Å². The molecule has 1 aliphatic rings. The van der Waals surface area contributed by atoms with Crippen LogP contribution in [0.5, 0.6) is 0 Å². The third-order valence-electron chi connectivity index (χ3n) is 3.60. The third kappa shape index (κ3) is 3.63. The Bertz CT molecular complexity index is 888. The summed E-state index contributed by atoms with van der Waals surface area (Å²) in [6, 6.07) is 9.69. The molecule has 0 spiro atoms. The van der Waals surface area contributed by atoms with Crippen LogP contribution in [0.15, 0.2) is 45.7 Å². The first-order valence-electron chi connectivity index (χ1n) is 7.22. The highest BCUT2D eigenvalue weighted by molar-refractivity contribution is 8.26. The number of hydrogen-bond acceptors (Lipinski definition) is 5. The van der Waals surface area contributed by atoms with Crippen molar-refractivity contribution in [3.63, 3.8) is 0 Å². The molecule has 5 nitrogen and oxygen atoms in total. The zero-order valence-electron chi connectivity index (χ0n) is 12.9. The molecule has 0 radical (unpaired) electrons. The number of furan rings is 1. The second-order valence-corrected chi connectivity index (χ2v) is 7.39. The predicted octanol–water partition coefficient (Wildman–Crippen LogP) is 4.27. The van der Waals surface area contributed by atoms with Crippen molar-refractivity contribution < 1.29 is 19.1 Å². The van der Waals surface area contributed by atoms with Gasteiger partial charge in [-0.2, -0.15) is 0 Å². The molecule has 1 amide bonds. The zero-order valence-corrected chi connectivity index (χ0v) is 15.3. The number of carboxylic acid groups (broad SMARTS) is 1. The maximum Gasteiger partial charge on any atom is 0.326 e. The fourth-order valence-corrected chi connectivity index (χ4v) is 3.78. The van der Waals surface area contributed by atoms with E-state index in [-0.39, 0.29) is 4.32 Å². The molecule has 0 unspecified atom stereocenters. The van der Waals surface area contributed by atoms with Crippen LogP contribution in [0.1, 0.15) is 12.7 Å². The lowest BCUT2D eigenvalue weighted by molar-refractivity contribution is -0.144. The van der Waals surface area contributed by atoms with Crippen LogP contribution >= 0.6 is 35.6 Å². The molecular formula is C17H12ClNO4S2. The number of carbonyl (C=O) groups excluding carboxylic acids is 1. The highest BCUT2D eigenvalue weighted by atomic mass is 35.5. The van der Waals surface area contributed by atoms with Crippen molar-refractivity contribution in [3.05, 3.63) is 52.1 Å². The molecule has 1 atom stereocenters. The van der Waals surface area contributed by atoms with E-state index in [4.69, 9.17) is 33.3 Å². The minimum atomic E-state index is -1.11. The van der Waals surface area contributed by atoms with E-state index in [0.29, 0.717) is 21.4 Å². The van der Waals surface area contributed by atoms with Gasteiger partial charge in [-0.15, -0.1) is 0 Å². The monoisotopic (exact) mass is 393 g/mol. The summed E-state index contributed by atoms with van der Waals surface area (Å²) < 4.78 is 5.95. The molecule has 1 aromatic heterocycles. The van der Waals surface area contributed by atoms with E-state index >= 15 is 0 Å². The van der Waals surface area contributed by atoms with Gasteiger partial charge in [0.1, 0.15) is 21.9 Å². The zero-order chi connectivity index (χ0) is 18.1. The number of rotatable bonds is 4. The summed E-state index contributed by atoms with van der Waals surface area (Å²) >= 11 is 12.0. The number of hydrogen-bond donors (Lipinski definition) is 1. The smallest absolute Gasteiger partial charge is 0.326 e. The Morgan fingerprint density at radius 2 is 2.00 bits per heavy atom. The molecule has 128 valence electrons. The van der Waals surface area contributed by atoms with Gasteiger partial charge in [-0.25, -0.2) is 4.79 Å². The molecule has 25 heavy (non-hydrogen) atoms. The molecule has 1 aromatic carbocycles. The summed E-state index contributed by atoms with van der Waals surface area (Å²) in [5, 5.41) is 9.72. The number of carboxylic acids is 1. The molecule has 1 saturated heterocycles. The molecule has 1 fully saturated rings. The van der Waals surface area contributed by atoms with E-state index in [9.17, 15) is 9.59 Å². The number of aliphatic carboxylic acids is 1. The third-order valence-corrected chi connectivity index (χ3v) is 5.18. The van der Waals surface area contributed by atoms with Gasteiger partial charge in [0.15, 0.2) is 0 Å². The van der Waals surface area contributed by atoms with Crippen molar-refractivity contribution in [1.82, 2.24) is 4.90 Å². The number of amides is 1. The Hall–Kier alpha value is -2.09. The molecule has 0 saturated carbocycles. The lowest BCUT2D eigenvalue weighted by atomic mass is 10.2. The Balaban J connectivity index is 1.84. The first kappa shape index (κ1) is 17.7. The quantitative estimate of drug-likeness (QED) is 0.617. The number of thioether (sulfide) groups is 1. The van der Waals surface area contributed by atoms with Gasteiger partial charge in [0.05, 0.1) is 4.91 Å². The minimum absolute atomic E-state index is 0.218. The molecule has 8 heteroatoms. The van der Waals surface area contributed by atoms with Gasteiger partial charge >= 0.3 is 5.97 Å². The molecule has 1 aliphatic heterocycles. The predicted molar refractivity (Wildman–Crippen MR) is 101 cm³/mol. The van der Waals surface area contributed by atoms with Crippen molar-refractivity contribution in [1.29, 1.82) is 0 Å². The first-order chi connectivity index (χ1) is 11.9. The number of carbonyl (C=O) groups is 2. The molecule has 3 rings (SSSR count). The maximum atomic E-state index is 12.4. The van der Waals surface area contributed by atoms with Crippen molar-refractivity contribution in [2.24, 2.45) is 0 Å².